The second kappa shape index (κ2) is 11.7. The summed E-state index contributed by atoms with van der Waals surface area (Å²) in [7, 11) is 0. The molecule has 226 valence electrons. The van der Waals surface area contributed by atoms with E-state index < -0.39 is 28.7 Å². The summed E-state index contributed by atoms with van der Waals surface area (Å²) in [5, 5.41) is -0.984. The number of hydrogen-bond acceptors (Lipinski definition) is 8. The van der Waals surface area contributed by atoms with Crippen LogP contribution in [0.15, 0.2) is 30.5 Å². The molecule has 2 aromatic heterocycles. The molecule has 0 spiro atoms. The van der Waals surface area contributed by atoms with Crippen molar-refractivity contribution < 1.29 is 37.0 Å². The second-order valence-corrected chi connectivity index (χ2v) is 12.2. The van der Waals surface area contributed by atoms with E-state index in [9.17, 15) is 22.8 Å². The summed E-state index contributed by atoms with van der Waals surface area (Å²) in [6.45, 7) is 11.5. The predicted octanol–water partition coefficient (Wildman–Crippen LogP) is 5.08. The lowest BCUT2D eigenvalue weighted by atomic mass is 9.83. The van der Waals surface area contributed by atoms with E-state index in [2.05, 4.69) is 14.9 Å². The van der Waals surface area contributed by atoms with Crippen molar-refractivity contribution in [2.45, 2.75) is 45.4 Å². The van der Waals surface area contributed by atoms with Gasteiger partial charge in [0.05, 0.1) is 30.6 Å². The summed E-state index contributed by atoms with van der Waals surface area (Å²) in [6, 6.07) is 6.73. The molecule has 1 amide bonds. The molecule has 5 rings (SSSR count). The molecule has 3 aromatic rings. The third-order valence-electron chi connectivity index (χ3n) is 7.10. The molecule has 0 bridgehead atoms. The van der Waals surface area contributed by atoms with Gasteiger partial charge < -0.3 is 24.1 Å². The van der Waals surface area contributed by atoms with Crippen LogP contribution in [-0.4, -0.2) is 83.7 Å². The molecule has 13 heteroatoms. The molecule has 0 unspecified atom stereocenters. The molecular weight excluding hydrogens is 573 g/mol. The first-order chi connectivity index (χ1) is 19.8. The highest BCUT2D eigenvalue weighted by molar-refractivity contribution is 7.18. The molecule has 0 aliphatic carbocycles. The molecule has 1 N–H and O–H groups in total. The lowest BCUT2D eigenvalue weighted by Gasteiger charge is -2.29. The van der Waals surface area contributed by atoms with Crippen LogP contribution < -0.4 is 4.74 Å². The van der Waals surface area contributed by atoms with Crippen LogP contribution in [0.3, 0.4) is 0 Å². The number of carbonyl (C=O) groups is 2. The number of aromatic nitrogens is 2. The van der Waals surface area contributed by atoms with Gasteiger partial charge in [0.15, 0.2) is 0 Å². The van der Waals surface area contributed by atoms with E-state index in [4.69, 9.17) is 14.2 Å². The molecule has 0 radical (unpaired) electrons. The van der Waals surface area contributed by atoms with Crippen LogP contribution in [0.1, 0.15) is 54.3 Å². The van der Waals surface area contributed by atoms with Crippen molar-refractivity contribution in [3.63, 3.8) is 0 Å². The van der Waals surface area contributed by atoms with Gasteiger partial charge >= 0.3 is 12.1 Å². The SMILES string of the molecule is CC(C)OC(=O)C1=CN(C(=O)c2ccc(OCCN3CCOCC3)cc2)CC(C)(C)c2c1[nH]c1sc(C(F)(F)F)nc21. The molecule has 2 aliphatic rings. The summed E-state index contributed by atoms with van der Waals surface area (Å²) in [5.74, 6) is -0.460. The minimum atomic E-state index is -4.61. The van der Waals surface area contributed by atoms with Crippen molar-refractivity contribution >= 4 is 39.1 Å². The number of aromatic amines is 1. The van der Waals surface area contributed by atoms with Gasteiger partial charge in [-0.1, -0.05) is 25.2 Å². The van der Waals surface area contributed by atoms with Gasteiger partial charge in [0, 0.05) is 48.9 Å². The third kappa shape index (κ3) is 6.32. The van der Waals surface area contributed by atoms with Gasteiger partial charge in [-0.05, 0) is 38.1 Å². The van der Waals surface area contributed by atoms with Gasteiger partial charge in [0.2, 0.25) is 5.01 Å². The summed E-state index contributed by atoms with van der Waals surface area (Å²) in [5.41, 5.74) is 0.382. The first-order valence-electron chi connectivity index (χ1n) is 13.7. The maximum absolute atomic E-state index is 13.7. The number of nitrogens with zero attached hydrogens (tertiary/aromatic N) is 3. The first kappa shape index (κ1) is 30.1. The Hall–Kier alpha value is -3.42. The van der Waals surface area contributed by atoms with Crippen LogP contribution >= 0.6 is 11.3 Å². The maximum atomic E-state index is 13.7. The fraction of sp³-hybridized carbons (Fsp3) is 0.483. The van der Waals surface area contributed by atoms with E-state index in [0.29, 0.717) is 53.7 Å². The van der Waals surface area contributed by atoms with Gasteiger partial charge in [-0.3, -0.25) is 9.69 Å². The zero-order valence-electron chi connectivity index (χ0n) is 23.8. The first-order valence-corrected chi connectivity index (χ1v) is 14.5. The van der Waals surface area contributed by atoms with Crippen molar-refractivity contribution in [2.75, 3.05) is 46.0 Å². The zero-order valence-corrected chi connectivity index (χ0v) is 24.7. The Morgan fingerprint density at radius 2 is 1.86 bits per heavy atom. The Morgan fingerprint density at radius 3 is 2.50 bits per heavy atom. The molecule has 9 nitrogen and oxygen atoms in total. The van der Waals surface area contributed by atoms with Crippen molar-refractivity contribution in [3.05, 3.63) is 52.3 Å². The highest BCUT2D eigenvalue weighted by Gasteiger charge is 2.41. The number of morpholine rings is 1. The summed E-state index contributed by atoms with van der Waals surface area (Å²) < 4.78 is 57.1. The minimum Gasteiger partial charge on any atom is -0.492 e. The highest BCUT2D eigenvalue weighted by Crippen LogP contribution is 2.44. The average molecular weight is 607 g/mol. The smallest absolute Gasteiger partial charge is 0.443 e. The Balaban J connectivity index is 1.42. The quantitative estimate of drug-likeness (QED) is 0.375. The molecule has 0 atom stereocenters. The maximum Gasteiger partial charge on any atom is 0.443 e. The van der Waals surface area contributed by atoms with Crippen LogP contribution in [0, 0.1) is 0 Å². The number of hydrogen-bond donors (Lipinski definition) is 1. The molecule has 42 heavy (non-hydrogen) atoms. The number of ether oxygens (including phenoxy) is 3. The van der Waals surface area contributed by atoms with Gasteiger partial charge in [-0.25, -0.2) is 9.78 Å². The molecular formula is C29H33F3N4O5S. The third-order valence-corrected chi connectivity index (χ3v) is 8.11. The van der Waals surface area contributed by atoms with Crippen LogP contribution in [0.5, 0.6) is 5.75 Å². The van der Waals surface area contributed by atoms with Gasteiger partial charge in [0.25, 0.3) is 5.91 Å². The van der Waals surface area contributed by atoms with Crippen molar-refractivity contribution in [2.24, 2.45) is 0 Å². The lowest BCUT2D eigenvalue weighted by Crippen LogP contribution is -2.38. The van der Waals surface area contributed by atoms with E-state index >= 15 is 0 Å². The van der Waals surface area contributed by atoms with Gasteiger partial charge in [-0.15, -0.1) is 0 Å². The highest BCUT2D eigenvalue weighted by atomic mass is 32.1. The molecule has 2 aliphatic heterocycles. The van der Waals surface area contributed by atoms with Crippen molar-refractivity contribution in [1.82, 2.24) is 19.8 Å². The number of thiazole rings is 1. The number of nitrogens with one attached hydrogen (secondary N) is 1. The largest absolute Gasteiger partial charge is 0.492 e. The number of rotatable bonds is 7. The fourth-order valence-corrected chi connectivity index (χ4v) is 6.01. The van der Waals surface area contributed by atoms with Crippen LogP contribution in [0.4, 0.5) is 13.2 Å². The van der Waals surface area contributed by atoms with E-state index in [1.54, 1.807) is 38.1 Å². The van der Waals surface area contributed by atoms with E-state index in [0.717, 1.165) is 19.6 Å². The number of fused-ring (bicyclic) bond motifs is 3. The Bertz CT molecular complexity index is 1490. The van der Waals surface area contributed by atoms with E-state index in [-0.39, 0.29) is 28.4 Å². The summed E-state index contributed by atoms with van der Waals surface area (Å²) in [4.78, 5) is 37.7. The number of esters is 1. The van der Waals surface area contributed by atoms with E-state index in [1.807, 2.05) is 13.8 Å². The van der Waals surface area contributed by atoms with Gasteiger partial charge in [0.1, 0.15) is 22.7 Å². The van der Waals surface area contributed by atoms with Gasteiger partial charge in [-0.2, -0.15) is 13.2 Å². The summed E-state index contributed by atoms with van der Waals surface area (Å²) in [6.07, 6.45) is -3.65. The molecule has 0 saturated carbocycles. The standard InChI is InChI=1S/C29H33F3N4O5S/c1-17(2)41-26(38)20-15-36(16-28(3,4)21-22(20)33-24-23(21)34-27(42-24)29(30,31)32)25(37)18-5-7-19(8-6-18)40-14-11-35-9-12-39-13-10-35/h5-8,15,17,33H,9-14,16H2,1-4H3. The minimum absolute atomic E-state index is 0.0412. The molecule has 1 fully saturated rings. The average Bonchev–Trinajstić information content (AvgIpc) is 3.47. The van der Waals surface area contributed by atoms with Crippen molar-refractivity contribution in [3.8, 4) is 5.75 Å². The number of benzene rings is 1. The predicted molar refractivity (Wildman–Crippen MR) is 151 cm³/mol. The van der Waals surface area contributed by atoms with Crippen molar-refractivity contribution in [1.29, 1.82) is 0 Å². The number of H-pyrrole nitrogens is 1. The zero-order chi connectivity index (χ0) is 30.2. The normalized spacial score (nSPS) is 17.6. The topological polar surface area (TPSA) is 97.0 Å². The second-order valence-electron chi connectivity index (χ2n) is 11.2. The van der Waals surface area contributed by atoms with E-state index in [1.165, 1.54) is 11.1 Å². The number of alkyl halides is 3. The Kier molecular flexibility index (Phi) is 8.37. The fourth-order valence-electron chi connectivity index (χ4n) is 5.16. The number of carbonyl (C=O) groups excluding carboxylic acids is 2. The number of amides is 1. The molecule has 4 heterocycles. The Morgan fingerprint density at radius 1 is 1.17 bits per heavy atom. The monoisotopic (exact) mass is 606 g/mol. The summed E-state index contributed by atoms with van der Waals surface area (Å²) >= 11 is 0.480. The van der Waals surface area contributed by atoms with Crippen LogP contribution in [0.25, 0.3) is 15.9 Å². The Labute approximate surface area is 245 Å². The van der Waals surface area contributed by atoms with Crippen LogP contribution in [0.2, 0.25) is 0 Å². The van der Waals surface area contributed by atoms with Crippen LogP contribution in [-0.2, 0) is 25.9 Å². The molecule has 1 saturated heterocycles. The lowest BCUT2D eigenvalue weighted by molar-refractivity contribution is -0.140. The number of halogens is 3. The molecule has 1 aromatic carbocycles.